The van der Waals surface area contributed by atoms with Crippen molar-refractivity contribution >= 4 is 11.8 Å². The van der Waals surface area contributed by atoms with Gasteiger partial charge in [0.05, 0.1) is 19.1 Å². The standard InChI is InChI=1S/C14H14N4O2/c19-13-9-17(7-6-16-13)14(20)12-8-15-10-18(12)11-4-2-1-3-5-11/h1-5,8,10H,6-7,9H2,(H,16,19). The molecule has 0 radical (unpaired) electrons. The van der Waals surface area contributed by atoms with E-state index in [0.29, 0.717) is 18.8 Å². The van der Waals surface area contributed by atoms with Crippen molar-refractivity contribution in [3.8, 4) is 5.69 Å². The van der Waals surface area contributed by atoms with Crippen LogP contribution in [-0.2, 0) is 4.79 Å². The molecule has 1 N–H and O–H groups in total. The van der Waals surface area contributed by atoms with Gasteiger partial charge in [-0.3, -0.25) is 14.2 Å². The van der Waals surface area contributed by atoms with E-state index in [1.54, 1.807) is 10.9 Å². The molecular weight excluding hydrogens is 256 g/mol. The van der Waals surface area contributed by atoms with Crippen LogP contribution in [0.15, 0.2) is 42.9 Å². The van der Waals surface area contributed by atoms with Crippen molar-refractivity contribution in [2.75, 3.05) is 19.6 Å². The third-order valence-corrected chi connectivity index (χ3v) is 3.22. The second kappa shape index (κ2) is 5.16. The fourth-order valence-corrected chi connectivity index (χ4v) is 2.22. The van der Waals surface area contributed by atoms with Crippen molar-refractivity contribution in [2.45, 2.75) is 0 Å². The van der Waals surface area contributed by atoms with E-state index in [1.807, 2.05) is 30.3 Å². The number of para-hydroxylation sites is 1. The van der Waals surface area contributed by atoms with Crippen LogP contribution < -0.4 is 5.32 Å². The van der Waals surface area contributed by atoms with Gasteiger partial charge >= 0.3 is 0 Å². The van der Waals surface area contributed by atoms with Crippen LogP contribution in [0, 0.1) is 0 Å². The Morgan fingerprint density at radius 3 is 2.80 bits per heavy atom. The Kier molecular flexibility index (Phi) is 3.20. The van der Waals surface area contributed by atoms with Crippen LogP contribution in [-0.4, -0.2) is 45.9 Å². The van der Waals surface area contributed by atoms with Gasteiger partial charge in [0, 0.05) is 18.8 Å². The van der Waals surface area contributed by atoms with Gasteiger partial charge in [-0.05, 0) is 12.1 Å². The second-order valence-electron chi connectivity index (χ2n) is 4.56. The van der Waals surface area contributed by atoms with Crippen molar-refractivity contribution in [3.63, 3.8) is 0 Å². The summed E-state index contributed by atoms with van der Waals surface area (Å²) in [6.45, 7) is 1.10. The van der Waals surface area contributed by atoms with Crippen molar-refractivity contribution < 1.29 is 9.59 Å². The molecule has 0 spiro atoms. The number of piperazine rings is 1. The topological polar surface area (TPSA) is 67.2 Å². The van der Waals surface area contributed by atoms with Crippen LogP contribution >= 0.6 is 0 Å². The third-order valence-electron chi connectivity index (χ3n) is 3.22. The molecule has 1 aromatic heterocycles. The summed E-state index contributed by atoms with van der Waals surface area (Å²) in [7, 11) is 0. The number of amides is 2. The van der Waals surface area contributed by atoms with Gasteiger partial charge in [0.2, 0.25) is 5.91 Å². The number of hydrogen-bond donors (Lipinski definition) is 1. The number of carbonyl (C=O) groups excluding carboxylic acids is 2. The van der Waals surface area contributed by atoms with Crippen molar-refractivity contribution in [2.24, 2.45) is 0 Å². The molecule has 1 aromatic carbocycles. The maximum atomic E-state index is 12.5. The quantitative estimate of drug-likeness (QED) is 0.861. The lowest BCUT2D eigenvalue weighted by Crippen LogP contribution is -2.50. The van der Waals surface area contributed by atoms with E-state index >= 15 is 0 Å². The molecule has 102 valence electrons. The summed E-state index contributed by atoms with van der Waals surface area (Å²) < 4.78 is 1.73. The normalized spacial score (nSPS) is 15.0. The molecule has 0 aliphatic carbocycles. The lowest BCUT2D eigenvalue weighted by molar-refractivity contribution is -0.123. The van der Waals surface area contributed by atoms with Crippen LogP contribution in [0.5, 0.6) is 0 Å². The fraction of sp³-hybridized carbons (Fsp3) is 0.214. The first kappa shape index (κ1) is 12.4. The molecule has 3 rings (SSSR count). The minimum atomic E-state index is -0.179. The molecule has 0 saturated carbocycles. The van der Waals surface area contributed by atoms with E-state index in [1.165, 1.54) is 11.1 Å². The summed E-state index contributed by atoms with van der Waals surface area (Å²) in [6, 6.07) is 9.52. The molecule has 2 amide bonds. The van der Waals surface area contributed by atoms with Crippen LogP contribution in [0.4, 0.5) is 0 Å². The van der Waals surface area contributed by atoms with Gasteiger partial charge in [-0.2, -0.15) is 0 Å². The Hall–Kier alpha value is -2.63. The number of imidazole rings is 1. The molecule has 1 aliphatic heterocycles. The SMILES string of the molecule is O=C1CN(C(=O)c2cncn2-c2ccccc2)CCN1. The molecule has 0 unspecified atom stereocenters. The maximum Gasteiger partial charge on any atom is 0.273 e. The van der Waals surface area contributed by atoms with Crippen molar-refractivity contribution in [1.29, 1.82) is 0 Å². The highest BCUT2D eigenvalue weighted by atomic mass is 16.2. The van der Waals surface area contributed by atoms with Crippen molar-refractivity contribution in [3.05, 3.63) is 48.5 Å². The van der Waals surface area contributed by atoms with Gasteiger partial charge in [0.1, 0.15) is 5.69 Å². The zero-order chi connectivity index (χ0) is 13.9. The molecule has 1 fully saturated rings. The van der Waals surface area contributed by atoms with Crippen LogP contribution in [0.25, 0.3) is 5.69 Å². The number of aromatic nitrogens is 2. The molecule has 6 nitrogen and oxygen atoms in total. The Bertz CT molecular complexity index is 636. The van der Waals surface area contributed by atoms with Gasteiger partial charge in [-0.1, -0.05) is 18.2 Å². The van der Waals surface area contributed by atoms with E-state index in [4.69, 9.17) is 0 Å². The molecule has 2 aromatic rings. The minimum Gasteiger partial charge on any atom is -0.353 e. The highest BCUT2D eigenvalue weighted by Crippen LogP contribution is 2.13. The predicted molar refractivity (Wildman–Crippen MR) is 72.5 cm³/mol. The summed E-state index contributed by atoms with van der Waals surface area (Å²) in [4.78, 5) is 29.4. The summed E-state index contributed by atoms with van der Waals surface area (Å²) in [5.74, 6) is -0.309. The first-order chi connectivity index (χ1) is 9.75. The molecule has 1 aliphatic rings. The summed E-state index contributed by atoms with van der Waals surface area (Å²) in [5.41, 5.74) is 1.33. The minimum absolute atomic E-state index is 0.0960. The molecule has 0 atom stereocenters. The van der Waals surface area contributed by atoms with Gasteiger partial charge in [0.15, 0.2) is 0 Å². The zero-order valence-corrected chi connectivity index (χ0v) is 10.8. The molecule has 1 saturated heterocycles. The summed E-state index contributed by atoms with van der Waals surface area (Å²) >= 11 is 0. The zero-order valence-electron chi connectivity index (χ0n) is 10.8. The smallest absolute Gasteiger partial charge is 0.273 e. The van der Waals surface area contributed by atoms with Crippen molar-refractivity contribution in [1.82, 2.24) is 19.8 Å². The van der Waals surface area contributed by atoms with E-state index in [2.05, 4.69) is 10.3 Å². The Morgan fingerprint density at radius 2 is 2.05 bits per heavy atom. The predicted octanol–water partition coefficient (Wildman–Crippen LogP) is 0.444. The summed E-state index contributed by atoms with van der Waals surface area (Å²) in [5, 5.41) is 2.70. The number of nitrogens with zero attached hydrogens (tertiary/aromatic N) is 3. The number of carbonyl (C=O) groups is 2. The van der Waals surface area contributed by atoms with Gasteiger partial charge < -0.3 is 10.2 Å². The molecule has 20 heavy (non-hydrogen) atoms. The number of rotatable bonds is 2. The van der Waals surface area contributed by atoms with Gasteiger partial charge in [-0.25, -0.2) is 4.98 Å². The first-order valence-electron chi connectivity index (χ1n) is 6.39. The highest BCUT2D eigenvalue weighted by molar-refractivity contribution is 5.96. The first-order valence-corrected chi connectivity index (χ1v) is 6.39. The van der Waals surface area contributed by atoms with E-state index in [0.717, 1.165) is 5.69 Å². The average Bonchev–Trinajstić information content (AvgIpc) is 2.97. The van der Waals surface area contributed by atoms with Gasteiger partial charge in [0.25, 0.3) is 5.91 Å². The number of benzene rings is 1. The Morgan fingerprint density at radius 1 is 1.25 bits per heavy atom. The summed E-state index contributed by atoms with van der Waals surface area (Å²) in [6.07, 6.45) is 3.13. The monoisotopic (exact) mass is 270 g/mol. The Balaban J connectivity index is 1.90. The third kappa shape index (κ3) is 2.27. The lowest BCUT2D eigenvalue weighted by atomic mass is 10.2. The Labute approximate surface area is 116 Å². The van der Waals surface area contributed by atoms with Crippen LogP contribution in [0.3, 0.4) is 0 Å². The average molecular weight is 270 g/mol. The van der Waals surface area contributed by atoms with Crippen LogP contribution in [0.2, 0.25) is 0 Å². The molecule has 0 bridgehead atoms. The molecule has 6 heteroatoms. The molecule has 2 heterocycles. The number of hydrogen-bond acceptors (Lipinski definition) is 3. The van der Waals surface area contributed by atoms with Gasteiger partial charge in [-0.15, -0.1) is 0 Å². The van der Waals surface area contributed by atoms with E-state index < -0.39 is 0 Å². The van der Waals surface area contributed by atoms with E-state index in [-0.39, 0.29) is 18.4 Å². The number of nitrogens with one attached hydrogen (secondary N) is 1. The molecular formula is C14H14N4O2. The van der Waals surface area contributed by atoms with Crippen LogP contribution in [0.1, 0.15) is 10.5 Å². The maximum absolute atomic E-state index is 12.5. The second-order valence-corrected chi connectivity index (χ2v) is 4.56. The largest absolute Gasteiger partial charge is 0.353 e. The van der Waals surface area contributed by atoms with E-state index in [9.17, 15) is 9.59 Å². The lowest BCUT2D eigenvalue weighted by Gasteiger charge is -2.26. The highest BCUT2D eigenvalue weighted by Gasteiger charge is 2.24. The fourth-order valence-electron chi connectivity index (χ4n) is 2.22.